The van der Waals surface area contributed by atoms with E-state index < -0.39 is 0 Å². The second-order valence-electron chi connectivity index (χ2n) is 5.23. The third-order valence-electron chi connectivity index (χ3n) is 3.92. The molecule has 2 N–H and O–H groups in total. The predicted octanol–water partition coefficient (Wildman–Crippen LogP) is 1.80. The Morgan fingerprint density at radius 1 is 1.33 bits per heavy atom. The van der Waals surface area contributed by atoms with E-state index in [-0.39, 0.29) is 0 Å². The van der Waals surface area contributed by atoms with Gasteiger partial charge in [-0.2, -0.15) is 11.8 Å². The third kappa shape index (κ3) is 3.36. The van der Waals surface area contributed by atoms with Crippen LogP contribution >= 0.6 is 11.8 Å². The van der Waals surface area contributed by atoms with Crippen LogP contribution < -0.4 is 5.73 Å². The standard InChI is InChI=1S/C12H24N2S/c1-10(13)12-2-5-14(6-3-12)8-11-4-7-15-9-11/h10-12H,2-9,13H2,1H3. The van der Waals surface area contributed by atoms with Crippen molar-refractivity contribution in [2.75, 3.05) is 31.1 Å². The Morgan fingerprint density at radius 2 is 2.07 bits per heavy atom. The van der Waals surface area contributed by atoms with Gasteiger partial charge in [-0.1, -0.05) is 0 Å². The van der Waals surface area contributed by atoms with E-state index in [2.05, 4.69) is 23.6 Å². The summed E-state index contributed by atoms with van der Waals surface area (Å²) in [7, 11) is 0. The maximum Gasteiger partial charge on any atom is 0.00397 e. The van der Waals surface area contributed by atoms with Gasteiger partial charge in [-0.15, -0.1) is 0 Å². The van der Waals surface area contributed by atoms with Gasteiger partial charge in [0.1, 0.15) is 0 Å². The number of piperidine rings is 1. The molecule has 2 nitrogen and oxygen atoms in total. The van der Waals surface area contributed by atoms with Crippen molar-refractivity contribution in [3.63, 3.8) is 0 Å². The number of hydrogen-bond donors (Lipinski definition) is 1. The van der Waals surface area contributed by atoms with Crippen molar-refractivity contribution in [2.24, 2.45) is 17.6 Å². The molecule has 88 valence electrons. The highest BCUT2D eigenvalue weighted by atomic mass is 32.2. The Morgan fingerprint density at radius 3 is 2.60 bits per heavy atom. The Kier molecular flexibility index (Phi) is 4.35. The predicted molar refractivity (Wildman–Crippen MR) is 68.2 cm³/mol. The highest BCUT2D eigenvalue weighted by molar-refractivity contribution is 7.99. The highest BCUT2D eigenvalue weighted by Gasteiger charge is 2.24. The van der Waals surface area contributed by atoms with Crippen molar-refractivity contribution < 1.29 is 0 Å². The maximum absolute atomic E-state index is 5.95. The summed E-state index contributed by atoms with van der Waals surface area (Å²) in [6, 6.07) is 0.397. The van der Waals surface area contributed by atoms with E-state index in [4.69, 9.17) is 5.73 Å². The lowest BCUT2D eigenvalue weighted by molar-refractivity contribution is 0.155. The molecule has 2 unspecified atom stereocenters. The van der Waals surface area contributed by atoms with E-state index in [1.165, 1.54) is 50.4 Å². The first-order chi connectivity index (χ1) is 7.25. The van der Waals surface area contributed by atoms with Gasteiger partial charge >= 0.3 is 0 Å². The van der Waals surface area contributed by atoms with Gasteiger partial charge in [0, 0.05) is 12.6 Å². The summed E-state index contributed by atoms with van der Waals surface area (Å²) in [5.41, 5.74) is 5.95. The van der Waals surface area contributed by atoms with Crippen LogP contribution in [0.5, 0.6) is 0 Å². The van der Waals surface area contributed by atoms with E-state index >= 15 is 0 Å². The van der Waals surface area contributed by atoms with Gasteiger partial charge in [0.2, 0.25) is 0 Å². The molecule has 2 atom stereocenters. The second-order valence-corrected chi connectivity index (χ2v) is 6.38. The lowest BCUT2D eigenvalue weighted by Gasteiger charge is -2.34. The van der Waals surface area contributed by atoms with Gasteiger partial charge in [0.25, 0.3) is 0 Å². The van der Waals surface area contributed by atoms with Crippen LogP contribution in [0.15, 0.2) is 0 Å². The number of nitrogens with zero attached hydrogens (tertiary/aromatic N) is 1. The molecular weight excluding hydrogens is 204 g/mol. The van der Waals surface area contributed by atoms with Crippen LogP contribution in [0, 0.1) is 11.8 Å². The third-order valence-corrected chi connectivity index (χ3v) is 5.15. The lowest BCUT2D eigenvalue weighted by atomic mass is 9.90. The molecule has 0 spiro atoms. The second kappa shape index (κ2) is 5.55. The Labute approximate surface area is 98.0 Å². The van der Waals surface area contributed by atoms with E-state index in [1.807, 2.05) is 0 Å². The van der Waals surface area contributed by atoms with Gasteiger partial charge in [-0.05, 0) is 62.6 Å². The van der Waals surface area contributed by atoms with Gasteiger partial charge in [-0.3, -0.25) is 0 Å². The Balaban J connectivity index is 1.68. The van der Waals surface area contributed by atoms with E-state index in [0.717, 1.165) is 11.8 Å². The van der Waals surface area contributed by atoms with Crippen molar-refractivity contribution in [2.45, 2.75) is 32.2 Å². The molecule has 15 heavy (non-hydrogen) atoms. The summed E-state index contributed by atoms with van der Waals surface area (Å²) >= 11 is 2.13. The van der Waals surface area contributed by atoms with Crippen molar-refractivity contribution in [1.82, 2.24) is 4.90 Å². The average molecular weight is 228 g/mol. The van der Waals surface area contributed by atoms with E-state index in [0.29, 0.717) is 6.04 Å². The Bertz CT molecular complexity index is 182. The van der Waals surface area contributed by atoms with Crippen molar-refractivity contribution in [3.8, 4) is 0 Å². The normalized spacial score (nSPS) is 32.0. The van der Waals surface area contributed by atoms with Gasteiger partial charge in [0.05, 0.1) is 0 Å². The molecule has 2 heterocycles. The SMILES string of the molecule is CC(N)C1CCN(CC2CCSC2)CC1. The van der Waals surface area contributed by atoms with E-state index in [1.54, 1.807) is 0 Å². The summed E-state index contributed by atoms with van der Waals surface area (Å²) in [6.45, 7) is 6.08. The molecule has 2 rings (SSSR count). The molecular formula is C12H24N2S. The maximum atomic E-state index is 5.95. The lowest BCUT2D eigenvalue weighted by Crippen LogP contribution is -2.41. The van der Waals surface area contributed by atoms with Crippen LogP contribution in [0.4, 0.5) is 0 Å². The number of rotatable bonds is 3. The average Bonchev–Trinajstić information content (AvgIpc) is 2.71. The van der Waals surface area contributed by atoms with Gasteiger partial charge in [-0.25, -0.2) is 0 Å². The minimum absolute atomic E-state index is 0.397. The molecule has 0 aliphatic carbocycles. The number of nitrogens with two attached hydrogens (primary N) is 1. The fourth-order valence-electron chi connectivity index (χ4n) is 2.75. The Hall–Kier alpha value is 0.270. The quantitative estimate of drug-likeness (QED) is 0.799. The molecule has 0 aromatic carbocycles. The summed E-state index contributed by atoms with van der Waals surface area (Å²) in [5.74, 6) is 4.54. The zero-order valence-electron chi connectivity index (χ0n) is 9.82. The van der Waals surface area contributed by atoms with Crippen LogP contribution in [-0.4, -0.2) is 42.1 Å². The fraction of sp³-hybridized carbons (Fsp3) is 1.00. The number of thioether (sulfide) groups is 1. The topological polar surface area (TPSA) is 29.3 Å². The molecule has 3 heteroatoms. The molecule has 0 aromatic heterocycles. The van der Waals surface area contributed by atoms with Crippen LogP contribution in [0.25, 0.3) is 0 Å². The molecule has 2 aliphatic rings. The van der Waals surface area contributed by atoms with Crippen LogP contribution in [-0.2, 0) is 0 Å². The minimum atomic E-state index is 0.397. The molecule has 2 fully saturated rings. The largest absolute Gasteiger partial charge is 0.328 e. The van der Waals surface area contributed by atoms with Gasteiger partial charge in [0.15, 0.2) is 0 Å². The van der Waals surface area contributed by atoms with E-state index in [9.17, 15) is 0 Å². The summed E-state index contributed by atoms with van der Waals surface area (Å²) in [4.78, 5) is 2.66. The first kappa shape index (κ1) is 11.7. The van der Waals surface area contributed by atoms with Crippen LogP contribution in [0.1, 0.15) is 26.2 Å². The molecule has 0 saturated carbocycles. The fourth-order valence-corrected chi connectivity index (χ4v) is 4.03. The zero-order valence-corrected chi connectivity index (χ0v) is 10.6. The van der Waals surface area contributed by atoms with Crippen LogP contribution in [0.3, 0.4) is 0 Å². The van der Waals surface area contributed by atoms with Crippen molar-refractivity contribution >= 4 is 11.8 Å². The molecule has 0 radical (unpaired) electrons. The zero-order chi connectivity index (χ0) is 10.7. The number of likely N-dealkylation sites (tertiary alicyclic amines) is 1. The molecule has 0 amide bonds. The summed E-state index contributed by atoms with van der Waals surface area (Å²) in [6.07, 6.45) is 4.08. The first-order valence-electron chi connectivity index (χ1n) is 6.31. The minimum Gasteiger partial charge on any atom is -0.328 e. The molecule has 2 aliphatic heterocycles. The molecule has 0 bridgehead atoms. The van der Waals surface area contributed by atoms with Crippen molar-refractivity contribution in [3.05, 3.63) is 0 Å². The van der Waals surface area contributed by atoms with Crippen LogP contribution in [0.2, 0.25) is 0 Å². The molecule has 0 aromatic rings. The smallest absolute Gasteiger partial charge is 0.00397 e. The molecule has 2 saturated heterocycles. The monoisotopic (exact) mass is 228 g/mol. The van der Waals surface area contributed by atoms with Crippen molar-refractivity contribution in [1.29, 1.82) is 0 Å². The first-order valence-corrected chi connectivity index (χ1v) is 7.47. The highest BCUT2D eigenvalue weighted by Crippen LogP contribution is 2.26. The summed E-state index contributed by atoms with van der Waals surface area (Å²) < 4.78 is 0. The summed E-state index contributed by atoms with van der Waals surface area (Å²) in [5, 5.41) is 0. The number of hydrogen-bond acceptors (Lipinski definition) is 3. The van der Waals surface area contributed by atoms with Gasteiger partial charge < -0.3 is 10.6 Å².